The van der Waals surface area contributed by atoms with Crippen molar-refractivity contribution >= 4 is 5.97 Å². The van der Waals surface area contributed by atoms with Crippen LogP contribution in [0, 0.1) is 0 Å². The molecule has 0 aliphatic rings. The van der Waals surface area contributed by atoms with E-state index in [0.29, 0.717) is 0 Å². The highest BCUT2D eigenvalue weighted by atomic mass is 16.4. The predicted octanol–water partition coefficient (Wildman–Crippen LogP) is 2.45. The van der Waals surface area contributed by atoms with Gasteiger partial charge in [-0.15, -0.1) is 0 Å². The second-order valence-electron chi connectivity index (χ2n) is 5.89. The molecule has 0 rings (SSSR count). The number of carboxylic acids is 1. The van der Waals surface area contributed by atoms with Gasteiger partial charge in [-0.1, -0.05) is 17.2 Å². The minimum atomic E-state index is -0.857. The van der Waals surface area contributed by atoms with E-state index in [-0.39, 0.29) is 6.61 Å². The Balaban J connectivity index is 0. The summed E-state index contributed by atoms with van der Waals surface area (Å²) in [5, 5.41) is 16.8. The maximum atomic E-state index is 10.2. The molecule has 0 aromatic heterocycles. The second kappa shape index (κ2) is 10.8. The van der Waals surface area contributed by atoms with Gasteiger partial charge in [-0.3, -0.25) is 0 Å². The first-order chi connectivity index (χ1) is 8.58. The summed E-state index contributed by atoms with van der Waals surface area (Å²) in [6, 6.07) is 0. The standard InChI is InChI=1S/C10H16O2.C5H14NO/c1-8(2)5-4-6-9(3)7-10(11)12;1-6(2,3)4-5-7/h5,7H,4,6H2,1-3H3,(H,11,12);7H,4-5H2,1-3H3/q;+1/b9-7+;. The molecule has 19 heavy (non-hydrogen) atoms. The molecule has 0 bridgehead atoms. The van der Waals surface area contributed by atoms with E-state index in [4.69, 9.17) is 10.2 Å². The van der Waals surface area contributed by atoms with Crippen LogP contribution in [0.3, 0.4) is 0 Å². The molecule has 0 spiro atoms. The van der Waals surface area contributed by atoms with E-state index in [9.17, 15) is 4.79 Å². The molecule has 0 aliphatic carbocycles. The number of carbonyl (C=O) groups is 1. The molecule has 0 aliphatic heterocycles. The van der Waals surface area contributed by atoms with Crippen LogP contribution in [0.4, 0.5) is 0 Å². The van der Waals surface area contributed by atoms with Crippen LogP contribution in [0.15, 0.2) is 23.3 Å². The number of rotatable bonds is 6. The van der Waals surface area contributed by atoms with Crippen LogP contribution in [0.2, 0.25) is 0 Å². The van der Waals surface area contributed by atoms with Gasteiger partial charge in [-0.05, 0) is 33.6 Å². The summed E-state index contributed by atoms with van der Waals surface area (Å²) in [4.78, 5) is 10.2. The van der Waals surface area contributed by atoms with Crippen molar-refractivity contribution in [3.8, 4) is 0 Å². The van der Waals surface area contributed by atoms with Crippen LogP contribution in [0.25, 0.3) is 0 Å². The third-order valence-electron chi connectivity index (χ3n) is 2.23. The number of nitrogens with zero attached hydrogens (tertiary/aromatic N) is 1. The number of aliphatic carboxylic acids is 1. The Kier molecular flexibility index (Phi) is 11.4. The van der Waals surface area contributed by atoms with Gasteiger partial charge in [-0.2, -0.15) is 0 Å². The Morgan fingerprint density at radius 3 is 1.95 bits per heavy atom. The summed E-state index contributed by atoms with van der Waals surface area (Å²) in [5.74, 6) is -0.857. The van der Waals surface area contributed by atoms with Gasteiger partial charge in [0, 0.05) is 6.08 Å². The van der Waals surface area contributed by atoms with Gasteiger partial charge >= 0.3 is 5.97 Å². The topological polar surface area (TPSA) is 57.5 Å². The molecule has 0 aromatic carbocycles. The van der Waals surface area contributed by atoms with Crippen molar-refractivity contribution < 1.29 is 19.5 Å². The molecule has 0 heterocycles. The average molecular weight is 272 g/mol. The molecule has 0 unspecified atom stereocenters. The highest BCUT2D eigenvalue weighted by Crippen LogP contribution is 2.05. The number of aliphatic hydroxyl groups excluding tert-OH is 1. The first-order valence-corrected chi connectivity index (χ1v) is 6.53. The molecule has 0 radical (unpaired) electrons. The highest BCUT2D eigenvalue weighted by molar-refractivity contribution is 5.80. The molecule has 0 fully saturated rings. The number of carboxylic acid groups (broad SMARTS) is 1. The molecular formula is C15H30NO3+. The molecule has 0 atom stereocenters. The lowest BCUT2D eigenvalue weighted by molar-refractivity contribution is -0.870. The lowest BCUT2D eigenvalue weighted by atomic mass is 10.1. The van der Waals surface area contributed by atoms with Crippen LogP contribution in [-0.2, 0) is 4.79 Å². The molecule has 0 saturated heterocycles. The van der Waals surface area contributed by atoms with E-state index in [2.05, 4.69) is 27.2 Å². The minimum absolute atomic E-state index is 0.281. The summed E-state index contributed by atoms with van der Waals surface area (Å²) >= 11 is 0. The smallest absolute Gasteiger partial charge is 0.328 e. The van der Waals surface area contributed by atoms with Crippen molar-refractivity contribution in [2.24, 2.45) is 0 Å². The first-order valence-electron chi connectivity index (χ1n) is 6.53. The van der Waals surface area contributed by atoms with Crippen LogP contribution in [-0.4, -0.2) is 55.0 Å². The van der Waals surface area contributed by atoms with E-state index in [1.54, 1.807) is 0 Å². The number of aliphatic hydroxyl groups is 1. The number of allylic oxidation sites excluding steroid dienone is 3. The zero-order valence-electron chi connectivity index (χ0n) is 13.2. The molecule has 4 nitrogen and oxygen atoms in total. The van der Waals surface area contributed by atoms with Crippen molar-refractivity contribution in [3.05, 3.63) is 23.3 Å². The van der Waals surface area contributed by atoms with Crippen LogP contribution >= 0.6 is 0 Å². The van der Waals surface area contributed by atoms with E-state index in [1.165, 1.54) is 11.6 Å². The molecule has 2 N–H and O–H groups in total. The van der Waals surface area contributed by atoms with Crippen molar-refractivity contribution in [1.29, 1.82) is 0 Å². The first kappa shape index (κ1) is 20.2. The van der Waals surface area contributed by atoms with Gasteiger partial charge in [-0.25, -0.2) is 4.79 Å². The summed E-state index contributed by atoms with van der Waals surface area (Å²) in [6.45, 7) is 7.03. The van der Waals surface area contributed by atoms with Crippen molar-refractivity contribution in [2.75, 3.05) is 34.3 Å². The highest BCUT2D eigenvalue weighted by Gasteiger charge is 2.02. The molecule has 4 heteroatoms. The van der Waals surface area contributed by atoms with Gasteiger partial charge in [0.1, 0.15) is 6.54 Å². The lowest BCUT2D eigenvalue weighted by Gasteiger charge is -2.21. The lowest BCUT2D eigenvalue weighted by Crippen LogP contribution is -2.36. The zero-order valence-corrected chi connectivity index (χ0v) is 13.2. The zero-order chi connectivity index (χ0) is 15.5. The fraction of sp³-hybridized carbons (Fsp3) is 0.667. The monoisotopic (exact) mass is 272 g/mol. The summed E-state index contributed by atoms with van der Waals surface area (Å²) in [6.07, 6.45) is 5.13. The fourth-order valence-corrected chi connectivity index (χ4v) is 1.17. The van der Waals surface area contributed by atoms with Crippen LogP contribution in [0.5, 0.6) is 0 Å². The Labute approximate surface area is 117 Å². The Hall–Kier alpha value is -1.13. The molecule has 112 valence electrons. The number of quaternary nitrogens is 1. The third-order valence-corrected chi connectivity index (χ3v) is 2.23. The van der Waals surface area contributed by atoms with Gasteiger partial charge in [0.25, 0.3) is 0 Å². The van der Waals surface area contributed by atoms with Crippen molar-refractivity contribution in [3.63, 3.8) is 0 Å². The summed E-state index contributed by atoms with van der Waals surface area (Å²) < 4.78 is 0.844. The SMILES string of the molecule is CC(C)=CCC/C(C)=C/C(=O)O.C[N+](C)(C)CCO. The number of likely N-dealkylation sites (N-methyl/N-ethyl adjacent to an activating group) is 1. The summed E-state index contributed by atoms with van der Waals surface area (Å²) in [5.41, 5.74) is 2.19. The van der Waals surface area contributed by atoms with Crippen LogP contribution in [0.1, 0.15) is 33.6 Å². The van der Waals surface area contributed by atoms with E-state index in [0.717, 1.165) is 29.4 Å². The second-order valence-corrected chi connectivity index (χ2v) is 5.89. The number of hydrogen-bond acceptors (Lipinski definition) is 2. The molecule has 0 amide bonds. The van der Waals surface area contributed by atoms with Gasteiger partial charge in [0.2, 0.25) is 0 Å². The normalized spacial score (nSPS) is 11.4. The maximum Gasteiger partial charge on any atom is 0.328 e. The van der Waals surface area contributed by atoms with E-state index in [1.807, 2.05) is 20.8 Å². The number of hydrogen-bond donors (Lipinski definition) is 2. The van der Waals surface area contributed by atoms with Gasteiger partial charge < -0.3 is 14.7 Å². The van der Waals surface area contributed by atoms with Crippen molar-refractivity contribution in [2.45, 2.75) is 33.6 Å². The Morgan fingerprint density at radius 1 is 1.16 bits per heavy atom. The minimum Gasteiger partial charge on any atom is -0.478 e. The molecule has 0 aromatic rings. The molecule has 0 saturated carbocycles. The third kappa shape index (κ3) is 22.5. The fourth-order valence-electron chi connectivity index (χ4n) is 1.17. The largest absolute Gasteiger partial charge is 0.478 e. The van der Waals surface area contributed by atoms with Crippen LogP contribution < -0.4 is 0 Å². The maximum absolute atomic E-state index is 10.2. The van der Waals surface area contributed by atoms with E-state index >= 15 is 0 Å². The molecular weight excluding hydrogens is 242 g/mol. The Bertz CT molecular complexity index is 308. The predicted molar refractivity (Wildman–Crippen MR) is 80.0 cm³/mol. The summed E-state index contributed by atoms with van der Waals surface area (Å²) in [7, 11) is 6.16. The van der Waals surface area contributed by atoms with Gasteiger partial charge in [0.05, 0.1) is 27.7 Å². The quantitative estimate of drug-likeness (QED) is 0.443. The van der Waals surface area contributed by atoms with E-state index < -0.39 is 5.97 Å². The average Bonchev–Trinajstić information content (AvgIpc) is 2.14. The Morgan fingerprint density at radius 2 is 1.68 bits per heavy atom. The van der Waals surface area contributed by atoms with Gasteiger partial charge in [0.15, 0.2) is 0 Å². The van der Waals surface area contributed by atoms with Crippen molar-refractivity contribution in [1.82, 2.24) is 0 Å².